The number of amides is 2. The number of hydrogen-bond donors (Lipinski definition) is 5. The first-order chi connectivity index (χ1) is 55.1. The van der Waals surface area contributed by atoms with Crippen molar-refractivity contribution in [2.75, 3.05) is 45.8 Å². The first-order valence-corrected chi connectivity index (χ1v) is 46.9. The maximum Gasteiger partial charge on any atom is -0.0134 e. The van der Waals surface area contributed by atoms with E-state index >= 15 is 0 Å². The minimum absolute atomic E-state index is 0.0111. The van der Waals surface area contributed by atoms with E-state index in [1.807, 2.05) is 0 Å². The van der Waals surface area contributed by atoms with Crippen molar-refractivity contribution in [1.29, 1.82) is 0 Å². The van der Waals surface area contributed by atoms with Gasteiger partial charge in [-0.05, 0) is 210 Å². The molecule has 0 aliphatic rings. The van der Waals surface area contributed by atoms with E-state index in [0.717, 1.165) is 7.14 Å². The second kappa shape index (κ2) is 55.5. The molecule has 0 saturated carbocycles. The predicted molar refractivity (Wildman–Crippen MR) is 472 cm³/mol. The fourth-order valence-corrected chi connectivity index (χ4v) is 16.8. The van der Waals surface area contributed by atoms with Gasteiger partial charge in [0, 0.05) is 36.9 Å². The molecule has 0 spiro atoms. The molecule has 0 aliphatic carbocycles. The van der Waals surface area contributed by atoms with Crippen LogP contribution in [-0.2, 0) is 36.0 Å². The van der Waals surface area contributed by atoms with Gasteiger partial charge in [0.05, 0.1) is 41.3 Å². The van der Waals surface area contributed by atoms with Crippen molar-refractivity contribution in [3.05, 3.63) is 345 Å². The van der Waals surface area contributed by atoms with Crippen LogP contribution in [0.3, 0.4) is 0 Å². The Hall–Kier alpha value is -8.13. The van der Waals surface area contributed by atoms with Crippen molar-refractivity contribution in [1.82, 2.24) is 25.0 Å². The van der Waals surface area contributed by atoms with Crippen LogP contribution in [0, 0.1) is 31.3 Å². The number of nitrogens with zero attached hydrogens (tertiary/aromatic N) is 1. The molecule has 608 valence electrons. The molecule has 0 radical (unpaired) electrons. The number of carbonyl (C=O) groups excluding carboxylic acids is 2. The predicted octanol–water partition coefficient (Wildman–Crippen LogP) is 17.9. The Balaban J connectivity index is 0.000000290. The van der Waals surface area contributed by atoms with E-state index in [2.05, 4.69) is 291 Å². The number of hydrogen-bond acceptors (Lipinski definition) is 8. The molecule has 11 aromatic carbocycles. The summed E-state index contributed by atoms with van der Waals surface area (Å²) < 4.78 is 125. The standard InChI is InChI=1S/C19H17F3N2O3S.2C18H15P.C10H9F3INO.C9H9NO2S.C7H5IO2.C6H15N.2ClH.Pd/c20-19(21,22)12-14-23-18(25)16-10-8-15(9-11-16)5-4-13-24-28(26,27)17-6-2-1-3-7-17;2*1-4-10-16(11-5-1)19(17-12-6-2-7-13-17)18-14-8-3-9-15-18;11-10(12,13)5-6-15-9(16)7-1-3-8(14)4-2-7;1-2-8-10-13(11,12)9-6-4-3-5-7-9;8-6-3-1-5(2-4-6)7(9)10;1-4-7(5-2)6-3;;;/h1-3,6-11,24H,12-14H2,(H,23,25);2*1-15H;1-4H,5-6H2,(H,15,16);1,3-7,10H,8H2;1-4H,(H,9,10);4-6H2,1-3H3;2*1H;/q;;;;;;;;;+2/p-2. The van der Waals surface area contributed by atoms with E-state index in [4.69, 9.17) is 30.6 Å². The van der Waals surface area contributed by atoms with Gasteiger partial charge in [-0.25, -0.2) is 21.6 Å². The normalized spacial score (nSPS) is 10.7. The van der Waals surface area contributed by atoms with E-state index in [1.54, 1.807) is 84.9 Å². The van der Waals surface area contributed by atoms with Crippen molar-refractivity contribution < 1.29 is 78.6 Å². The van der Waals surface area contributed by atoms with Gasteiger partial charge < -0.3 is 20.6 Å². The number of aromatic carboxylic acids is 1. The minimum atomic E-state index is -4.32. The Morgan fingerprint density at radius 2 is 0.678 bits per heavy atom. The second-order valence-electron chi connectivity index (χ2n) is 23.3. The molecule has 0 fully saturated rings. The number of halogens is 10. The summed E-state index contributed by atoms with van der Waals surface area (Å²) in [5, 5.41) is 21.3. The van der Waals surface area contributed by atoms with Crippen molar-refractivity contribution >= 4 is 150 Å². The molecule has 2 amide bonds. The van der Waals surface area contributed by atoms with E-state index < -0.39 is 92.0 Å². The molecule has 0 aromatic heterocycles. The van der Waals surface area contributed by atoms with E-state index in [-0.39, 0.29) is 44.4 Å². The Kier molecular flexibility index (Phi) is 47.9. The van der Waals surface area contributed by atoms with Crippen LogP contribution in [-0.4, -0.2) is 103 Å². The number of nitrogens with one attached hydrogen (secondary N) is 4. The van der Waals surface area contributed by atoms with Crippen LogP contribution < -0.4 is 51.9 Å². The molecule has 0 atom stereocenters. The van der Waals surface area contributed by atoms with Gasteiger partial charge in [0.1, 0.15) is 0 Å². The zero-order chi connectivity index (χ0) is 84.3. The number of carboxylic acid groups (broad SMARTS) is 1. The Morgan fingerprint density at radius 3 is 0.922 bits per heavy atom. The van der Waals surface area contributed by atoms with Gasteiger partial charge in [-0.1, -0.05) is 257 Å². The molecule has 0 saturated heterocycles. The van der Waals surface area contributed by atoms with Gasteiger partial charge in [-0.15, -0.1) is 6.42 Å². The number of alkyl halides is 6. The van der Waals surface area contributed by atoms with Crippen LogP contribution in [0.2, 0.25) is 0 Å². The molecule has 5 N–H and O–H groups in total. The molecule has 0 unspecified atom stereocenters. The van der Waals surface area contributed by atoms with Gasteiger partial charge in [-0.3, -0.25) is 9.59 Å². The fraction of sp³-hybridized carbons (Fsp3) is 0.161. The Morgan fingerprint density at radius 1 is 0.426 bits per heavy atom. The number of rotatable bonds is 22. The molecule has 0 heterocycles. The SMILES string of the molecule is C#CCNS(=O)(=O)c1ccccc1.CCN(CC)CC.O=C(NCCC(F)(F)F)c1ccc(C#CCNS(=O)(=O)c2ccccc2)cc1.O=C(NCCC(F)(F)F)c1ccc(I)cc1.O=C(O)c1ccc(I)cc1.[Cl][Pd][Cl].c1ccc(P(c2ccccc2)c2ccccc2)cc1.c1ccc(P(c2ccccc2)c2ccccc2)cc1. The van der Waals surface area contributed by atoms with Gasteiger partial charge >= 0.3 is 53.3 Å². The molecule has 0 aliphatic heterocycles. The third kappa shape index (κ3) is 41.0. The van der Waals surface area contributed by atoms with Gasteiger partial charge in [0.25, 0.3) is 11.8 Å². The second-order valence-corrected chi connectivity index (χ2v) is 36.1. The van der Waals surface area contributed by atoms with Crippen LogP contribution in [0.4, 0.5) is 26.3 Å². The number of terminal acetylenes is 1. The molecule has 11 aromatic rings. The van der Waals surface area contributed by atoms with Crippen LogP contribution in [0.5, 0.6) is 0 Å². The number of benzene rings is 11. The first kappa shape index (κ1) is 99.2. The summed E-state index contributed by atoms with van der Waals surface area (Å²) in [5.41, 5.74) is 1.44. The molecule has 13 nitrogen and oxygen atoms in total. The quantitative estimate of drug-likeness (QED) is 0.0144. The van der Waals surface area contributed by atoms with E-state index in [0.29, 0.717) is 16.7 Å². The number of carbonyl (C=O) groups is 3. The maximum atomic E-state index is 12.1. The summed E-state index contributed by atoms with van der Waals surface area (Å²) >= 11 is 4.10. The number of sulfonamides is 2. The van der Waals surface area contributed by atoms with Crippen molar-refractivity contribution in [2.45, 2.75) is 55.8 Å². The van der Waals surface area contributed by atoms with Crippen molar-refractivity contribution in [3.8, 4) is 24.2 Å². The van der Waals surface area contributed by atoms with Gasteiger partial charge in [0.2, 0.25) is 20.0 Å². The van der Waals surface area contributed by atoms with Crippen LogP contribution in [0.25, 0.3) is 0 Å². The van der Waals surface area contributed by atoms with Gasteiger partial charge in [-0.2, -0.15) is 35.8 Å². The first-order valence-electron chi connectivity index (χ1n) is 35.1. The summed E-state index contributed by atoms with van der Waals surface area (Å²) in [6.45, 7) is 9.15. The average Bonchev–Trinajstić information content (AvgIpc) is 0.823. The molecule has 28 heteroatoms. The Bertz CT molecular complexity index is 4610. The number of carboxylic acids is 1. The summed E-state index contributed by atoms with van der Waals surface area (Å²) in [6, 6.07) is 99.8. The van der Waals surface area contributed by atoms with Crippen LogP contribution in [0.15, 0.2) is 325 Å². The molecular weight excluding hydrogens is 1910 g/mol. The summed E-state index contributed by atoms with van der Waals surface area (Å²) in [6.07, 6.45) is -5.73. The third-order valence-electron chi connectivity index (χ3n) is 15.2. The van der Waals surface area contributed by atoms with Crippen LogP contribution in [0.1, 0.15) is 70.3 Å². The molecule has 0 bridgehead atoms. The summed E-state index contributed by atoms with van der Waals surface area (Å²) in [7, 11) is 1.68. The summed E-state index contributed by atoms with van der Waals surface area (Å²) in [4.78, 5) is 36.2. The smallest absolute Gasteiger partial charge is 0.0134 e. The third-order valence-corrected chi connectivity index (χ3v) is 24.4. The maximum absolute atomic E-state index is 12.1. The largest absolute Gasteiger partial charge is 0.0622 e. The average molecular weight is 2000 g/mol. The molecule has 11 rings (SSSR count). The molecule has 115 heavy (non-hydrogen) atoms. The van der Waals surface area contributed by atoms with Crippen molar-refractivity contribution in [3.63, 3.8) is 0 Å². The molecular formula is C87H85Cl2F6I2N5O8P2PdS2. The topological polar surface area (TPSA) is 191 Å². The van der Waals surface area contributed by atoms with Crippen LogP contribution >= 0.6 is 80.1 Å². The Labute approximate surface area is 717 Å². The summed E-state index contributed by atoms with van der Waals surface area (Å²) in [5.74, 6) is 5.63. The van der Waals surface area contributed by atoms with E-state index in [1.165, 1.54) is 100.0 Å². The van der Waals surface area contributed by atoms with Gasteiger partial charge in [0.15, 0.2) is 0 Å². The zero-order valence-corrected chi connectivity index (χ0v) is 73.3. The van der Waals surface area contributed by atoms with Crippen molar-refractivity contribution in [2.24, 2.45) is 0 Å². The van der Waals surface area contributed by atoms with E-state index in [9.17, 15) is 57.6 Å². The zero-order valence-electron chi connectivity index (χ0n) is 62.5. The fourth-order valence-electron chi connectivity index (χ4n) is 9.55. The monoisotopic (exact) mass is 2000 g/mol. The minimum Gasteiger partial charge on any atom is -0.0622 e.